The van der Waals surface area contributed by atoms with Crippen LogP contribution in [0, 0.1) is 0 Å². The molecule has 8 heteroatoms. The van der Waals surface area contributed by atoms with Crippen molar-refractivity contribution in [2.75, 3.05) is 0 Å². The summed E-state index contributed by atoms with van der Waals surface area (Å²) in [6, 6.07) is 173. The van der Waals surface area contributed by atoms with Crippen LogP contribution in [0.25, 0.3) is 266 Å². The van der Waals surface area contributed by atoms with Crippen LogP contribution in [0.1, 0.15) is 74.9 Å². The molecule has 0 bridgehead atoms. The minimum atomic E-state index is -0.132. The van der Waals surface area contributed by atoms with Gasteiger partial charge < -0.3 is 27.4 Å². The molecule has 690 valence electrons. The molecule has 8 nitrogen and oxygen atoms in total. The lowest BCUT2D eigenvalue weighted by atomic mass is 9.82. The normalized spacial score (nSPS) is 13.7. The molecule has 0 fully saturated rings. The van der Waals surface area contributed by atoms with Crippen LogP contribution < -0.4 is 0 Å². The number of hydrogen-bond donors (Lipinski definition) is 0. The molecule has 7 heterocycles. The lowest BCUT2D eigenvalue weighted by molar-refractivity contribution is 0.660. The van der Waals surface area contributed by atoms with Crippen molar-refractivity contribution < 1.29 is 0 Å². The Morgan fingerprint density at radius 3 is 0.714 bits per heavy atom. The molecular formula is C139H94N8. The van der Waals surface area contributed by atoms with Crippen molar-refractivity contribution in [1.29, 1.82) is 0 Å². The molecule has 0 atom stereocenters. The topological polar surface area (TPSA) is 55.4 Å². The Morgan fingerprint density at radius 1 is 0.143 bits per heavy atom. The first-order valence-corrected chi connectivity index (χ1v) is 51.3. The minimum Gasteiger partial charge on any atom is -0.309 e. The summed E-state index contributed by atoms with van der Waals surface area (Å²) in [6.45, 7) is 14.2. The third kappa shape index (κ3) is 12.1. The second-order valence-electron chi connectivity index (χ2n) is 42.3. The first-order valence-electron chi connectivity index (χ1n) is 51.3. The second kappa shape index (κ2) is 30.8. The van der Waals surface area contributed by atoms with E-state index in [0.717, 1.165) is 112 Å². The molecule has 0 spiro atoms. The maximum atomic E-state index is 5.71. The van der Waals surface area contributed by atoms with Gasteiger partial charge in [0.2, 0.25) is 0 Å². The van der Waals surface area contributed by atoms with Crippen LogP contribution >= 0.6 is 0 Å². The molecule has 28 aromatic rings. The van der Waals surface area contributed by atoms with E-state index in [4.69, 9.17) is 9.97 Å². The summed E-state index contributed by atoms with van der Waals surface area (Å²) in [4.78, 5) is 11.4. The number of hydrogen-bond acceptors (Lipinski definition) is 2. The summed E-state index contributed by atoms with van der Waals surface area (Å²) in [7, 11) is 0. The monoisotopic (exact) mass is 1870 g/mol. The van der Waals surface area contributed by atoms with E-state index in [2.05, 4.69) is 530 Å². The average molecular weight is 1880 g/mol. The molecule has 0 amide bonds. The lowest BCUT2D eigenvalue weighted by Crippen LogP contribution is -2.15. The Morgan fingerprint density at radius 2 is 0.381 bits per heavy atom. The molecule has 147 heavy (non-hydrogen) atoms. The van der Waals surface area contributed by atoms with E-state index in [9.17, 15) is 0 Å². The maximum absolute atomic E-state index is 5.71. The molecule has 21 aromatic carbocycles. The van der Waals surface area contributed by atoms with Crippen LogP contribution in [0.3, 0.4) is 0 Å². The van der Waals surface area contributed by atoms with Gasteiger partial charge in [-0.15, -0.1) is 0 Å². The fourth-order valence-electron chi connectivity index (χ4n) is 26.3. The number of rotatable bonds is 12. The summed E-state index contributed by atoms with van der Waals surface area (Å²) in [5.74, 6) is 0.618. The number of fused-ring (bicyclic) bond motifs is 27. The van der Waals surface area contributed by atoms with Crippen molar-refractivity contribution in [2.45, 2.75) is 57.8 Å². The van der Waals surface area contributed by atoms with Gasteiger partial charge >= 0.3 is 0 Å². The summed E-state index contributed by atoms with van der Waals surface area (Å²) in [5.41, 5.74) is 47.6. The highest BCUT2D eigenvalue weighted by Gasteiger charge is 2.40. The van der Waals surface area contributed by atoms with E-state index in [1.165, 1.54) is 182 Å². The van der Waals surface area contributed by atoms with E-state index in [1.807, 2.05) is 0 Å². The molecule has 7 aromatic heterocycles. The molecule has 0 saturated heterocycles. The molecule has 31 rings (SSSR count). The van der Waals surface area contributed by atoms with Crippen molar-refractivity contribution in [3.8, 4) is 135 Å². The number of benzene rings is 21. The molecule has 0 saturated carbocycles. The third-order valence-corrected chi connectivity index (χ3v) is 33.4. The largest absolute Gasteiger partial charge is 0.309 e. The zero-order chi connectivity index (χ0) is 97.3. The van der Waals surface area contributed by atoms with Crippen LogP contribution in [0.5, 0.6) is 0 Å². The van der Waals surface area contributed by atoms with Gasteiger partial charge in [0.15, 0.2) is 5.82 Å². The van der Waals surface area contributed by atoms with Gasteiger partial charge in [-0.25, -0.2) is 9.97 Å². The van der Waals surface area contributed by atoms with Gasteiger partial charge in [0.05, 0.1) is 77.6 Å². The molecular weight excluding hydrogens is 1780 g/mol. The molecule has 0 N–H and O–H groups in total. The van der Waals surface area contributed by atoms with E-state index < -0.39 is 0 Å². The zero-order valence-corrected chi connectivity index (χ0v) is 82.0. The maximum Gasteiger partial charge on any atom is 0.160 e. The van der Waals surface area contributed by atoms with E-state index >= 15 is 0 Å². The smallest absolute Gasteiger partial charge is 0.160 e. The predicted octanol–water partition coefficient (Wildman–Crippen LogP) is 36.0. The Bertz CT molecular complexity index is 10200. The molecule has 0 radical (unpaired) electrons. The van der Waals surface area contributed by atoms with E-state index in [1.54, 1.807) is 0 Å². The second-order valence-corrected chi connectivity index (χ2v) is 42.3. The van der Waals surface area contributed by atoms with Gasteiger partial charge in [-0.1, -0.05) is 333 Å². The highest BCUT2D eigenvalue weighted by atomic mass is 15.0. The van der Waals surface area contributed by atoms with Gasteiger partial charge in [0.25, 0.3) is 0 Å². The summed E-state index contributed by atoms with van der Waals surface area (Å²) < 4.78 is 14.7. The SMILES string of the molecule is CC1(C)c2ccccc2-c2ccc(-n3c4ccccc4c4cc(-c5ccc6c7ccccc7n(-c7ccc(-c8cc(-c9ccc(-n%10c%11ccccc%11c%11ccc(-c%12ccc%13c(c%12)c%12ccccc%12n%13-c%12ccc%13c(c%12)C(C)(C)c%12ccccc%12-%13)cc%11%10)cc9)nc(-c9cccc(-n%10c%11ccccc%11c%11ccc(-c%12ccc%13c(c%12)c%12ccccc%12n%13-c%12ccc%13c(c%12)C(C)(C)c%12ccccc%12-%13)cc%11%10)c9)n8)cc7)c6c5)ccc43)cc21. The molecule has 3 aliphatic carbocycles. The molecule has 3 aliphatic rings. The first-order chi connectivity index (χ1) is 72.1. The quantitative estimate of drug-likeness (QED) is 0.122. The Hall–Kier alpha value is -18.5. The van der Waals surface area contributed by atoms with Crippen LogP contribution in [-0.4, -0.2) is 37.4 Å². The van der Waals surface area contributed by atoms with Gasteiger partial charge in [-0.05, 0) is 270 Å². The highest BCUT2D eigenvalue weighted by molar-refractivity contribution is 6.18. The molecule has 0 aliphatic heterocycles. The third-order valence-electron chi connectivity index (χ3n) is 33.4. The summed E-state index contributed by atoms with van der Waals surface area (Å²) in [5, 5.41) is 14.5. The van der Waals surface area contributed by atoms with Crippen LogP contribution in [0.15, 0.2) is 461 Å². The van der Waals surface area contributed by atoms with Gasteiger partial charge in [-0.2, -0.15) is 0 Å². The zero-order valence-electron chi connectivity index (χ0n) is 82.0. The Labute approximate surface area is 849 Å². The van der Waals surface area contributed by atoms with Crippen LogP contribution in [0.4, 0.5) is 0 Å². The van der Waals surface area contributed by atoms with E-state index in [-0.39, 0.29) is 16.2 Å². The van der Waals surface area contributed by atoms with E-state index in [0.29, 0.717) is 5.82 Å². The minimum absolute atomic E-state index is 0.127. The lowest BCUT2D eigenvalue weighted by Gasteiger charge is -2.22. The van der Waals surface area contributed by atoms with Crippen LogP contribution in [-0.2, 0) is 16.2 Å². The fourth-order valence-corrected chi connectivity index (χ4v) is 26.3. The number of para-hydroxylation sites is 6. The van der Waals surface area contributed by atoms with Crippen LogP contribution in [0.2, 0.25) is 0 Å². The van der Waals surface area contributed by atoms with Crippen molar-refractivity contribution >= 4 is 131 Å². The summed E-state index contributed by atoms with van der Waals surface area (Å²) in [6.07, 6.45) is 0. The van der Waals surface area contributed by atoms with Gasteiger partial charge in [-0.3, -0.25) is 0 Å². The first kappa shape index (κ1) is 83.2. The van der Waals surface area contributed by atoms with Crippen molar-refractivity contribution in [3.63, 3.8) is 0 Å². The standard InChI is InChI=1S/C139H94N8/c1-137(2)116-37-16-7-28-98(116)101-66-60-95(79-119(101)137)144-127-43-22-13-34-107(127)113-73-85(53-69-130(113)144)88-50-63-110-104-31-10-19-40-124(104)142(133(110)76-88)92-56-46-83(47-57-92)122-82-123(84-48-58-93(59-49-84)143-125-41-20-11-32-105(125)111-64-51-89(77-134(111)143)86-54-70-131-114(74-86)108-35-14-23-44-128(108)145(131)96-61-67-102-99-29-8-17-38-117(99)138(3,4)120(102)80-96)141-136(140-122)91-26-25-27-94(72-91)147-126-42-21-12-33-106(126)112-65-52-90(78-135(112)147)87-55-71-132-115(75-87)109-36-15-24-45-129(109)146(132)97-62-68-103-100-30-9-18-39-118(100)139(5,6)121(103)81-97/h7-82H,1-6H3. The summed E-state index contributed by atoms with van der Waals surface area (Å²) >= 11 is 0. The Kier molecular flexibility index (Phi) is 17.4. The highest BCUT2D eigenvalue weighted by Crippen LogP contribution is 2.55. The average Bonchev–Trinajstić information content (AvgIpc) is 1.57. The Balaban J connectivity index is 0.523. The van der Waals surface area contributed by atoms with Gasteiger partial charge in [0.1, 0.15) is 0 Å². The fraction of sp³-hybridized carbons (Fsp3) is 0.0647. The number of nitrogens with zero attached hydrogens (tertiary/aromatic N) is 8. The van der Waals surface area contributed by atoms with Crippen molar-refractivity contribution in [2.24, 2.45) is 0 Å². The predicted molar refractivity (Wildman–Crippen MR) is 613 cm³/mol. The van der Waals surface area contributed by atoms with Crippen molar-refractivity contribution in [1.82, 2.24) is 37.4 Å². The number of aromatic nitrogens is 8. The van der Waals surface area contributed by atoms with Crippen molar-refractivity contribution in [3.05, 3.63) is 494 Å². The van der Waals surface area contributed by atoms with Gasteiger partial charge in [0, 0.05) is 132 Å². The molecule has 0 unspecified atom stereocenters.